The average molecular weight is 386 g/mol. The molecule has 1 aromatic carbocycles. The molecule has 2 saturated heterocycles. The van der Waals surface area contributed by atoms with Crippen LogP contribution in [0.3, 0.4) is 0 Å². The molecule has 3 rings (SSSR count). The Balaban J connectivity index is 1.61. The molecule has 1 unspecified atom stereocenters. The van der Waals surface area contributed by atoms with Gasteiger partial charge in [-0.05, 0) is 24.8 Å². The lowest BCUT2D eigenvalue weighted by Crippen LogP contribution is -2.56. The lowest BCUT2D eigenvalue weighted by atomic mass is 9.98. The average Bonchev–Trinajstić information content (AvgIpc) is 2.71. The molecule has 1 N–H and O–H groups in total. The Bertz CT molecular complexity index is 711. The van der Waals surface area contributed by atoms with Gasteiger partial charge in [-0.25, -0.2) is 0 Å². The first-order valence-electron chi connectivity index (χ1n) is 10.2. The Labute approximate surface area is 167 Å². The van der Waals surface area contributed by atoms with Gasteiger partial charge in [0.2, 0.25) is 11.8 Å². The van der Waals surface area contributed by atoms with Crippen LogP contribution in [0.25, 0.3) is 6.08 Å². The lowest BCUT2D eigenvalue weighted by molar-refractivity contribution is -0.139. The predicted octanol–water partition coefficient (Wildman–Crippen LogP) is 2.16. The maximum Gasteiger partial charge on any atom is 0.237 e. The van der Waals surface area contributed by atoms with E-state index in [0.717, 1.165) is 43.8 Å². The van der Waals surface area contributed by atoms with Gasteiger partial charge in [-0.15, -0.1) is 0 Å². The number of hydrogen-bond donors (Lipinski definition) is 1. The van der Waals surface area contributed by atoms with Gasteiger partial charge in [0.15, 0.2) is 0 Å². The van der Waals surface area contributed by atoms with Gasteiger partial charge in [-0.1, -0.05) is 37.3 Å². The van der Waals surface area contributed by atoms with Crippen molar-refractivity contribution >= 4 is 17.9 Å². The smallest absolute Gasteiger partial charge is 0.237 e. The number of nitrogens with zero attached hydrogens (tertiary/aromatic N) is 2. The van der Waals surface area contributed by atoms with Gasteiger partial charge in [-0.2, -0.15) is 0 Å². The van der Waals surface area contributed by atoms with Crippen LogP contribution in [-0.4, -0.2) is 67.5 Å². The van der Waals surface area contributed by atoms with E-state index in [4.69, 9.17) is 4.74 Å². The maximum absolute atomic E-state index is 12.7. The lowest BCUT2D eigenvalue weighted by Gasteiger charge is -2.36. The van der Waals surface area contributed by atoms with E-state index in [-0.39, 0.29) is 18.2 Å². The van der Waals surface area contributed by atoms with E-state index in [1.54, 1.807) is 7.11 Å². The summed E-state index contributed by atoms with van der Waals surface area (Å²) in [5.74, 6) is 1.54. The van der Waals surface area contributed by atoms with Crippen LogP contribution in [0.5, 0.6) is 5.75 Å². The van der Waals surface area contributed by atoms with Crippen LogP contribution in [0, 0.1) is 5.92 Å². The molecule has 0 radical (unpaired) electrons. The van der Waals surface area contributed by atoms with Crippen molar-refractivity contribution in [3.8, 4) is 5.75 Å². The molecule has 6 nitrogen and oxygen atoms in total. The van der Waals surface area contributed by atoms with E-state index in [9.17, 15) is 9.59 Å². The predicted molar refractivity (Wildman–Crippen MR) is 110 cm³/mol. The first-order chi connectivity index (χ1) is 13.6. The van der Waals surface area contributed by atoms with Crippen LogP contribution in [0.2, 0.25) is 0 Å². The van der Waals surface area contributed by atoms with E-state index < -0.39 is 6.04 Å². The highest BCUT2D eigenvalue weighted by Gasteiger charge is 2.33. The minimum Gasteiger partial charge on any atom is -0.496 e. The quantitative estimate of drug-likeness (QED) is 0.815. The monoisotopic (exact) mass is 385 g/mol. The Morgan fingerprint density at radius 2 is 2.00 bits per heavy atom. The number of carbonyl (C=O) groups excluding carboxylic acids is 2. The molecular weight excluding hydrogens is 354 g/mol. The number of methoxy groups -OCH3 is 1. The third-order valence-corrected chi connectivity index (χ3v) is 5.72. The van der Waals surface area contributed by atoms with Crippen molar-refractivity contribution in [3.05, 3.63) is 35.9 Å². The zero-order valence-electron chi connectivity index (χ0n) is 16.9. The molecule has 0 bridgehead atoms. The fourth-order valence-corrected chi connectivity index (χ4v) is 3.87. The van der Waals surface area contributed by atoms with Crippen molar-refractivity contribution in [2.24, 2.45) is 5.92 Å². The van der Waals surface area contributed by atoms with Crippen LogP contribution in [0.15, 0.2) is 30.3 Å². The number of ether oxygens (including phenoxy) is 1. The van der Waals surface area contributed by atoms with Crippen molar-refractivity contribution in [2.75, 3.05) is 39.8 Å². The zero-order valence-corrected chi connectivity index (χ0v) is 16.9. The Morgan fingerprint density at radius 1 is 1.25 bits per heavy atom. The number of para-hydroxylation sites is 1. The Hall–Kier alpha value is -2.34. The van der Waals surface area contributed by atoms with Gasteiger partial charge in [0, 0.05) is 38.3 Å². The molecule has 1 atom stereocenters. The van der Waals surface area contributed by atoms with Crippen molar-refractivity contribution in [1.29, 1.82) is 0 Å². The van der Waals surface area contributed by atoms with Gasteiger partial charge in [0.1, 0.15) is 5.75 Å². The van der Waals surface area contributed by atoms with E-state index >= 15 is 0 Å². The molecule has 1 aromatic rings. The van der Waals surface area contributed by atoms with E-state index in [1.165, 1.54) is 0 Å². The number of nitrogens with one attached hydrogen (secondary N) is 1. The van der Waals surface area contributed by atoms with E-state index in [1.807, 2.05) is 41.3 Å². The summed E-state index contributed by atoms with van der Waals surface area (Å²) in [6, 6.07) is 7.43. The largest absolute Gasteiger partial charge is 0.496 e. The van der Waals surface area contributed by atoms with Crippen LogP contribution in [0.1, 0.15) is 31.7 Å². The third kappa shape index (κ3) is 5.13. The van der Waals surface area contributed by atoms with Crippen molar-refractivity contribution in [3.63, 3.8) is 0 Å². The SMILES string of the molecule is COc1ccccc1/C=C/CN1CCNC(=O)C1CC(=O)N1CCC(C)CC1. The summed E-state index contributed by atoms with van der Waals surface area (Å²) in [7, 11) is 1.66. The van der Waals surface area contributed by atoms with Crippen LogP contribution < -0.4 is 10.1 Å². The number of piperidine rings is 1. The minimum absolute atomic E-state index is 0.0457. The van der Waals surface area contributed by atoms with Crippen molar-refractivity contribution in [1.82, 2.24) is 15.1 Å². The minimum atomic E-state index is -0.400. The van der Waals surface area contributed by atoms with Gasteiger partial charge in [0.25, 0.3) is 0 Å². The highest BCUT2D eigenvalue weighted by molar-refractivity contribution is 5.89. The topological polar surface area (TPSA) is 61.9 Å². The van der Waals surface area contributed by atoms with Gasteiger partial charge in [-0.3, -0.25) is 14.5 Å². The molecule has 28 heavy (non-hydrogen) atoms. The fraction of sp³-hybridized carbons (Fsp3) is 0.545. The van der Waals surface area contributed by atoms with E-state index in [0.29, 0.717) is 19.0 Å². The van der Waals surface area contributed by atoms with Gasteiger partial charge in [0.05, 0.1) is 19.6 Å². The first kappa shape index (κ1) is 20.4. The standard InChI is InChI=1S/C22H31N3O3/c1-17-9-13-25(14-10-17)21(26)16-19-22(27)23-11-15-24(19)12-5-7-18-6-3-4-8-20(18)28-2/h3-8,17,19H,9-16H2,1-2H3,(H,23,27)/b7-5+. The van der Waals surface area contributed by atoms with E-state index in [2.05, 4.69) is 17.1 Å². The molecular formula is C22H31N3O3. The molecule has 2 aliphatic heterocycles. The number of carbonyl (C=O) groups is 2. The van der Waals surface area contributed by atoms with Crippen molar-refractivity contribution < 1.29 is 14.3 Å². The van der Waals surface area contributed by atoms with Crippen LogP contribution >= 0.6 is 0 Å². The summed E-state index contributed by atoms with van der Waals surface area (Å²) in [6.07, 6.45) is 6.40. The molecule has 6 heteroatoms. The number of likely N-dealkylation sites (tertiary alicyclic amines) is 1. The Kier molecular flexibility index (Phi) is 7.09. The second-order valence-electron chi connectivity index (χ2n) is 7.71. The molecule has 0 aliphatic carbocycles. The summed E-state index contributed by atoms with van der Waals surface area (Å²) in [6.45, 7) is 5.83. The fourth-order valence-electron chi connectivity index (χ4n) is 3.87. The summed E-state index contributed by atoms with van der Waals surface area (Å²) < 4.78 is 5.37. The number of rotatable bonds is 6. The highest BCUT2D eigenvalue weighted by atomic mass is 16.5. The zero-order chi connectivity index (χ0) is 19.9. The molecule has 152 valence electrons. The number of benzene rings is 1. The molecule has 0 saturated carbocycles. The number of hydrogen-bond acceptors (Lipinski definition) is 4. The summed E-state index contributed by atoms with van der Waals surface area (Å²) in [5.41, 5.74) is 1.00. The van der Waals surface area contributed by atoms with Gasteiger partial charge < -0.3 is 15.0 Å². The summed E-state index contributed by atoms with van der Waals surface area (Å²) in [4.78, 5) is 29.2. The first-order valence-corrected chi connectivity index (χ1v) is 10.2. The molecule has 2 aliphatic rings. The summed E-state index contributed by atoms with van der Waals surface area (Å²) in [5, 5.41) is 2.91. The molecule has 2 amide bonds. The normalized spacial score (nSPS) is 21.7. The highest BCUT2D eigenvalue weighted by Crippen LogP contribution is 2.20. The molecule has 2 heterocycles. The van der Waals surface area contributed by atoms with Crippen LogP contribution in [0.4, 0.5) is 0 Å². The second kappa shape index (κ2) is 9.73. The number of piperazine rings is 1. The third-order valence-electron chi connectivity index (χ3n) is 5.72. The second-order valence-corrected chi connectivity index (χ2v) is 7.71. The van der Waals surface area contributed by atoms with Crippen LogP contribution in [-0.2, 0) is 9.59 Å². The number of amides is 2. The van der Waals surface area contributed by atoms with Gasteiger partial charge >= 0.3 is 0 Å². The molecule has 2 fully saturated rings. The molecule has 0 aromatic heterocycles. The Morgan fingerprint density at radius 3 is 2.75 bits per heavy atom. The maximum atomic E-state index is 12.7. The molecule has 0 spiro atoms. The summed E-state index contributed by atoms with van der Waals surface area (Å²) >= 11 is 0. The van der Waals surface area contributed by atoms with Crippen molar-refractivity contribution in [2.45, 2.75) is 32.2 Å².